The van der Waals surface area contributed by atoms with Gasteiger partial charge in [0, 0.05) is 24.1 Å². The second-order valence-corrected chi connectivity index (χ2v) is 4.38. The van der Waals surface area contributed by atoms with Crippen molar-refractivity contribution in [3.8, 4) is 0 Å². The minimum absolute atomic E-state index is 0.138. The lowest BCUT2D eigenvalue weighted by Crippen LogP contribution is -2.35. The zero-order valence-corrected chi connectivity index (χ0v) is 9.90. The van der Waals surface area contributed by atoms with Crippen molar-refractivity contribution in [2.75, 3.05) is 6.54 Å². The summed E-state index contributed by atoms with van der Waals surface area (Å²) in [6, 6.07) is 3.15. The van der Waals surface area contributed by atoms with Gasteiger partial charge in [0.15, 0.2) is 11.6 Å². The number of fused-ring (bicyclic) bond motifs is 1. The first-order valence-electron chi connectivity index (χ1n) is 5.82. The number of aromatic nitrogens is 1. The maximum atomic E-state index is 13.1. The average molecular weight is 264 g/mol. The number of benzene rings is 1. The highest BCUT2D eigenvalue weighted by Crippen LogP contribution is 2.20. The van der Waals surface area contributed by atoms with Crippen LogP contribution in [0.25, 0.3) is 0 Å². The largest absolute Gasteiger partial charge is 0.361 e. The smallest absolute Gasteiger partial charge is 0.254 e. The van der Waals surface area contributed by atoms with E-state index < -0.39 is 11.6 Å². The van der Waals surface area contributed by atoms with Crippen LogP contribution in [0.3, 0.4) is 0 Å². The molecular weight excluding hydrogens is 254 g/mol. The van der Waals surface area contributed by atoms with Crippen LogP contribution in [0.2, 0.25) is 0 Å². The molecule has 2 heterocycles. The molecule has 0 atom stereocenters. The molecule has 4 nitrogen and oxygen atoms in total. The van der Waals surface area contributed by atoms with Crippen molar-refractivity contribution < 1.29 is 18.1 Å². The van der Waals surface area contributed by atoms with Crippen LogP contribution in [0.15, 0.2) is 28.9 Å². The molecular formula is C13H10F2N2O2. The molecule has 1 aliphatic heterocycles. The number of rotatable bonds is 1. The van der Waals surface area contributed by atoms with Crippen LogP contribution >= 0.6 is 0 Å². The molecule has 1 aromatic carbocycles. The standard InChI is InChI=1S/C13H10F2N2O2/c14-10-2-1-8(5-11(10)15)13(18)17-4-3-12-9(7-17)6-16-19-12/h1-2,5-6H,3-4,7H2. The van der Waals surface area contributed by atoms with E-state index in [0.29, 0.717) is 19.5 Å². The lowest BCUT2D eigenvalue weighted by Gasteiger charge is -2.25. The zero-order chi connectivity index (χ0) is 13.4. The molecule has 0 spiro atoms. The highest BCUT2D eigenvalue weighted by atomic mass is 19.2. The van der Waals surface area contributed by atoms with E-state index in [1.807, 2.05) is 0 Å². The number of hydrogen-bond donors (Lipinski definition) is 0. The third kappa shape index (κ3) is 2.09. The molecule has 1 aliphatic rings. The zero-order valence-electron chi connectivity index (χ0n) is 9.90. The maximum absolute atomic E-state index is 13.1. The minimum atomic E-state index is -1.02. The van der Waals surface area contributed by atoms with Gasteiger partial charge in [-0.2, -0.15) is 0 Å². The van der Waals surface area contributed by atoms with Gasteiger partial charge in [-0.1, -0.05) is 5.16 Å². The first-order valence-corrected chi connectivity index (χ1v) is 5.82. The molecule has 0 saturated carbocycles. The van der Waals surface area contributed by atoms with Gasteiger partial charge in [-0.25, -0.2) is 8.78 Å². The molecule has 0 radical (unpaired) electrons. The normalized spacial score (nSPS) is 14.3. The van der Waals surface area contributed by atoms with Crippen molar-refractivity contribution in [2.24, 2.45) is 0 Å². The Balaban J connectivity index is 1.83. The fourth-order valence-corrected chi connectivity index (χ4v) is 2.13. The molecule has 0 N–H and O–H groups in total. The molecule has 1 aromatic heterocycles. The summed E-state index contributed by atoms with van der Waals surface area (Å²) in [5.41, 5.74) is 0.987. The van der Waals surface area contributed by atoms with Crippen LogP contribution in [0.5, 0.6) is 0 Å². The van der Waals surface area contributed by atoms with E-state index >= 15 is 0 Å². The molecule has 3 rings (SSSR count). The Morgan fingerprint density at radius 2 is 2.16 bits per heavy atom. The van der Waals surface area contributed by atoms with Gasteiger partial charge in [0.1, 0.15) is 5.76 Å². The van der Waals surface area contributed by atoms with E-state index in [1.54, 1.807) is 11.1 Å². The summed E-state index contributed by atoms with van der Waals surface area (Å²) in [6.07, 6.45) is 2.14. The number of amides is 1. The highest BCUT2D eigenvalue weighted by molar-refractivity contribution is 5.94. The van der Waals surface area contributed by atoms with Crippen molar-refractivity contribution in [3.05, 3.63) is 52.9 Å². The Morgan fingerprint density at radius 1 is 1.32 bits per heavy atom. The first kappa shape index (κ1) is 11.8. The highest BCUT2D eigenvalue weighted by Gasteiger charge is 2.24. The van der Waals surface area contributed by atoms with Gasteiger partial charge >= 0.3 is 0 Å². The summed E-state index contributed by atoms with van der Waals surface area (Å²) >= 11 is 0. The van der Waals surface area contributed by atoms with Gasteiger partial charge in [0.2, 0.25) is 0 Å². The summed E-state index contributed by atoms with van der Waals surface area (Å²) in [5, 5.41) is 3.67. The van der Waals surface area contributed by atoms with Gasteiger partial charge in [0.05, 0.1) is 12.7 Å². The predicted octanol–water partition coefficient (Wildman–Crippen LogP) is 2.15. The van der Waals surface area contributed by atoms with Crippen LogP contribution in [0, 0.1) is 11.6 Å². The van der Waals surface area contributed by atoms with Gasteiger partial charge in [-0.05, 0) is 18.2 Å². The molecule has 98 valence electrons. The molecule has 0 bridgehead atoms. The van der Waals surface area contributed by atoms with Gasteiger partial charge in [-0.15, -0.1) is 0 Å². The van der Waals surface area contributed by atoms with E-state index in [0.717, 1.165) is 23.5 Å². The number of carbonyl (C=O) groups excluding carboxylic acids is 1. The number of halogens is 2. The fraction of sp³-hybridized carbons (Fsp3) is 0.231. The Hall–Kier alpha value is -2.24. The van der Waals surface area contributed by atoms with Gasteiger partial charge in [-0.3, -0.25) is 4.79 Å². The lowest BCUT2D eigenvalue weighted by molar-refractivity contribution is 0.0728. The molecule has 0 fully saturated rings. The van der Waals surface area contributed by atoms with E-state index in [2.05, 4.69) is 5.16 Å². The molecule has 0 unspecified atom stereocenters. The van der Waals surface area contributed by atoms with E-state index in [4.69, 9.17) is 4.52 Å². The summed E-state index contributed by atoms with van der Waals surface area (Å²) in [6.45, 7) is 0.844. The van der Waals surface area contributed by atoms with Crippen molar-refractivity contribution in [1.29, 1.82) is 0 Å². The van der Waals surface area contributed by atoms with Crippen LogP contribution in [-0.4, -0.2) is 22.5 Å². The van der Waals surface area contributed by atoms with Crippen LogP contribution in [-0.2, 0) is 13.0 Å². The van der Waals surface area contributed by atoms with Gasteiger partial charge in [0.25, 0.3) is 5.91 Å². The monoisotopic (exact) mass is 264 g/mol. The Morgan fingerprint density at radius 3 is 2.95 bits per heavy atom. The predicted molar refractivity (Wildman–Crippen MR) is 61.3 cm³/mol. The summed E-state index contributed by atoms with van der Waals surface area (Å²) in [5.74, 6) is -1.54. The summed E-state index contributed by atoms with van der Waals surface area (Å²) in [7, 11) is 0. The van der Waals surface area contributed by atoms with Crippen LogP contribution < -0.4 is 0 Å². The van der Waals surface area contributed by atoms with Crippen molar-refractivity contribution in [2.45, 2.75) is 13.0 Å². The third-order valence-corrected chi connectivity index (χ3v) is 3.15. The maximum Gasteiger partial charge on any atom is 0.254 e. The second kappa shape index (κ2) is 4.46. The Bertz CT molecular complexity index is 639. The molecule has 19 heavy (non-hydrogen) atoms. The Kier molecular flexibility index (Phi) is 2.77. The molecule has 0 saturated heterocycles. The molecule has 1 amide bonds. The van der Waals surface area contributed by atoms with E-state index in [-0.39, 0.29) is 11.5 Å². The second-order valence-electron chi connectivity index (χ2n) is 4.38. The SMILES string of the molecule is O=C(c1ccc(F)c(F)c1)N1CCc2oncc2C1. The van der Waals surface area contributed by atoms with Crippen LogP contribution in [0.1, 0.15) is 21.7 Å². The minimum Gasteiger partial charge on any atom is -0.361 e. The number of carbonyl (C=O) groups is 1. The van der Waals surface area contributed by atoms with Crippen molar-refractivity contribution in [3.63, 3.8) is 0 Å². The molecule has 6 heteroatoms. The number of hydrogen-bond acceptors (Lipinski definition) is 3. The summed E-state index contributed by atoms with van der Waals surface area (Å²) in [4.78, 5) is 13.7. The average Bonchev–Trinajstić information content (AvgIpc) is 2.88. The quantitative estimate of drug-likeness (QED) is 0.792. The molecule has 2 aromatic rings. The third-order valence-electron chi connectivity index (χ3n) is 3.15. The topological polar surface area (TPSA) is 46.3 Å². The fourth-order valence-electron chi connectivity index (χ4n) is 2.13. The van der Waals surface area contributed by atoms with Crippen LogP contribution in [0.4, 0.5) is 8.78 Å². The van der Waals surface area contributed by atoms with Crippen molar-refractivity contribution >= 4 is 5.91 Å². The van der Waals surface area contributed by atoms with E-state index in [9.17, 15) is 13.6 Å². The van der Waals surface area contributed by atoms with Gasteiger partial charge < -0.3 is 9.42 Å². The Labute approximate surface area is 107 Å². The van der Waals surface area contributed by atoms with Crippen molar-refractivity contribution in [1.82, 2.24) is 10.1 Å². The summed E-state index contributed by atoms with van der Waals surface area (Å²) < 4.78 is 31.0. The van der Waals surface area contributed by atoms with E-state index in [1.165, 1.54) is 6.07 Å². The number of nitrogens with zero attached hydrogens (tertiary/aromatic N) is 2. The molecule has 0 aliphatic carbocycles. The lowest BCUT2D eigenvalue weighted by atomic mass is 10.1. The first-order chi connectivity index (χ1) is 9.15.